The second-order valence-electron chi connectivity index (χ2n) is 7.54. The number of anilines is 1. The Morgan fingerprint density at radius 3 is 2.85 bits per heavy atom. The Labute approximate surface area is 158 Å². The van der Waals surface area contributed by atoms with Gasteiger partial charge in [0.1, 0.15) is 17.5 Å². The number of hydrogen-bond acceptors (Lipinski definition) is 5. The van der Waals surface area contributed by atoms with Gasteiger partial charge in [-0.2, -0.15) is 0 Å². The number of hydrogen-bond donors (Lipinski definition) is 1. The Morgan fingerprint density at radius 2 is 2.11 bits per heavy atom. The summed E-state index contributed by atoms with van der Waals surface area (Å²) in [6.07, 6.45) is 3.47. The number of nitrogens with zero attached hydrogens (tertiary/aromatic N) is 4. The van der Waals surface area contributed by atoms with Crippen molar-refractivity contribution in [1.29, 1.82) is 0 Å². The number of likely N-dealkylation sites (N-methyl/N-ethyl adjacent to an activating group) is 1. The van der Waals surface area contributed by atoms with Gasteiger partial charge in [0.15, 0.2) is 0 Å². The first-order valence-electron chi connectivity index (χ1n) is 9.33. The molecule has 2 aromatic rings. The zero-order valence-electron chi connectivity index (χ0n) is 15.4. The first-order chi connectivity index (χ1) is 13.0. The van der Waals surface area contributed by atoms with Crippen molar-refractivity contribution in [1.82, 2.24) is 19.8 Å². The molecule has 2 heterocycles. The van der Waals surface area contributed by atoms with E-state index >= 15 is 0 Å². The highest BCUT2D eigenvalue weighted by Crippen LogP contribution is 2.48. The normalized spacial score (nSPS) is 24.4. The number of carbonyl (C=O) groups excluding carboxylic acids is 1. The van der Waals surface area contributed by atoms with E-state index in [1.165, 1.54) is 12.1 Å². The van der Waals surface area contributed by atoms with E-state index < -0.39 is 0 Å². The SMILES string of the molecule is CN(Cc1nccc(N)n1)[C@@H]1CCN(C(=O)[C@@H]2C[C@H]2c2ccc(F)cc2)C1. The lowest BCUT2D eigenvalue weighted by molar-refractivity contribution is -0.131. The topological polar surface area (TPSA) is 75.4 Å². The van der Waals surface area contributed by atoms with Gasteiger partial charge in [-0.1, -0.05) is 12.1 Å². The molecule has 1 aromatic heterocycles. The number of rotatable bonds is 5. The van der Waals surface area contributed by atoms with Crippen LogP contribution in [0.3, 0.4) is 0 Å². The van der Waals surface area contributed by atoms with Gasteiger partial charge in [0.2, 0.25) is 5.91 Å². The van der Waals surface area contributed by atoms with E-state index in [2.05, 4.69) is 14.9 Å². The molecule has 2 fully saturated rings. The van der Waals surface area contributed by atoms with Crippen LogP contribution in [0.4, 0.5) is 10.2 Å². The number of likely N-dealkylation sites (tertiary alicyclic amines) is 1. The molecule has 1 aliphatic heterocycles. The van der Waals surface area contributed by atoms with E-state index in [1.54, 1.807) is 24.4 Å². The van der Waals surface area contributed by atoms with Gasteiger partial charge >= 0.3 is 0 Å². The summed E-state index contributed by atoms with van der Waals surface area (Å²) in [5, 5.41) is 0. The molecule has 142 valence electrons. The monoisotopic (exact) mass is 369 g/mol. The second-order valence-corrected chi connectivity index (χ2v) is 7.54. The van der Waals surface area contributed by atoms with Crippen LogP contribution in [0.25, 0.3) is 0 Å². The minimum absolute atomic E-state index is 0.0387. The summed E-state index contributed by atoms with van der Waals surface area (Å²) in [6, 6.07) is 8.48. The Bertz CT molecular complexity index is 827. The van der Waals surface area contributed by atoms with Crippen molar-refractivity contribution in [3.63, 3.8) is 0 Å². The van der Waals surface area contributed by atoms with Crippen LogP contribution in [0.2, 0.25) is 0 Å². The van der Waals surface area contributed by atoms with E-state index in [4.69, 9.17) is 5.73 Å². The highest BCUT2D eigenvalue weighted by atomic mass is 19.1. The van der Waals surface area contributed by atoms with E-state index in [-0.39, 0.29) is 23.6 Å². The number of halogens is 1. The molecule has 1 amide bonds. The molecular weight excluding hydrogens is 345 g/mol. The van der Waals surface area contributed by atoms with Gasteiger partial charge in [-0.15, -0.1) is 0 Å². The molecule has 3 atom stereocenters. The summed E-state index contributed by atoms with van der Waals surface area (Å²) in [5.41, 5.74) is 6.77. The molecule has 1 saturated carbocycles. The molecule has 0 spiro atoms. The largest absolute Gasteiger partial charge is 0.384 e. The fraction of sp³-hybridized carbons (Fsp3) is 0.450. The lowest BCUT2D eigenvalue weighted by Gasteiger charge is -2.24. The minimum Gasteiger partial charge on any atom is -0.384 e. The van der Waals surface area contributed by atoms with Gasteiger partial charge in [0.25, 0.3) is 0 Å². The van der Waals surface area contributed by atoms with Crippen LogP contribution >= 0.6 is 0 Å². The van der Waals surface area contributed by atoms with E-state index in [9.17, 15) is 9.18 Å². The Morgan fingerprint density at radius 1 is 1.33 bits per heavy atom. The quantitative estimate of drug-likeness (QED) is 0.873. The smallest absolute Gasteiger partial charge is 0.226 e. The first-order valence-corrected chi connectivity index (χ1v) is 9.33. The molecule has 2 N–H and O–H groups in total. The van der Waals surface area contributed by atoms with Gasteiger partial charge < -0.3 is 10.6 Å². The van der Waals surface area contributed by atoms with Gasteiger partial charge in [0.05, 0.1) is 6.54 Å². The lowest BCUT2D eigenvalue weighted by atomic mass is 10.1. The summed E-state index contributed by atoms with van der Waals surface area (Å²) in [6.45, 7) is 2.11. The van der Waals surface area contributed by atoms with Crippen molar-refractivity contribution < 1.29 is 9.18 Å². The number of nitrogens with two attached hydrogens (primary N) is 1. The summed E-state index contributed by atoms with van der Waals surface area (Å²) in [5.74, 6) is 1.42. The predicted octanol–water partition coefficient (Wildman–Crippen LogP) is 2.03. The molecule has 27 heavy (non-hydrogen) atoms. The van der Waals surface area contributed by atoms with Crippen LogP contribution in [-0.4, -0.2) is 51.9 Å². The number of aromatic nitrogens is 2. The summed E-state index contributed by atoms with van der Waals surface area (Å²) >= 11 is 0. The van der Waals surface area contributed by atoms with E-state index in [1.807, 2.05) is 11.9 Å². The molecule has 1 aromatic carbocycles. The number of carbonyl (C=O) groups is 1. The molecule has 6 nitrogen and oxygen atoms in total. The maximum atomic E-state index is 13.1. The molecule has 0 radical (unpaired) electrons. The summed E-state index contributed by atoms with van der Waals surface area (Å²) in [7, 11) is 2.03. The van der Waals surface area contributed by atoms with Crippen molar-refractivity contribution in [2.24, 2.45) is 5.92 Å². The third-order valence-corrected chi connectivity index (χ3v) is 5.62. The molecule has 7 heteroatoms. The van der Waals surface area contributed by atoms with Gasteiger partial charge in [-0.3, -0.25) is 9.69 Å². The van der Waals surface area contributed by atoms with Crippen molar-refractivity contribution >= 4 is 11.7 Å². The third-order valence-electron chi connectivity index (χ3n) is 5.62. The van der Waals surface area contributed by atoms with Crippen molar-refractivity contribution in [3.8, 4) is 0 Å². The van der Waals surface area contributed by atoms with Gasteiger partial charge in [0, 0.05) is 31.2 Å². The third kappa shape index (κ3) is 3.93. The fourth-order valence-corrected chi connectivity index (χ4v) is 3.93. The van der Waals surface area contributed by atoms with Crippen LogP contribution in [-0.2, 0) is 11.3 Å². The van der Waals surface area contributed by atoms with E-state index in [0.29, 0.717) is 24.2 Å². The summed E-state index contributed by atoms with van der Waals surface area (Å²) in [4.78, 5) is 25.5. The molecule has 0 bridgehead atoms. The number of nitrogen functional groups attached to an aromatic ring is 1. The maximum absolute atomic E-state index is 13.1. The lowest BCUT2D eigenvalue weighted by Crippen LogP contribution is -2.37. The van der Waals surface area contributed by atoms with Gasteiger partial charge in [-0.25, -0.2) is 14.4 Å². The van der Waals surface area contributed by atoms with Crippen molar-refractivity contribution in [2.45, 2.75) is 31.3 Å². The zero-order valence-corrected chi connectivity index (χ0v) is 15.4. The molecule has 4 rings (SSSR count). The molecular formula is C20H24FN5O. The van der Waals surface area contributed by atoms with Crippen LogP contribution in [0.15, 0.2) is 36.5 Å². The molecule has 1 saturated heterocycles. The fourth-order valence-electron chi connectivity index (χ4n) is 3.93. The van der Waals surface area contributed by atoms with Crippen LogP contribution in [0.1, 0.15) is 30.1 Å². The first kappa shape index (κ1) is 17.9. The second kappa shape index (κ2) is 7.23. The van der Waals surface area contributed by atoms with Crippen LogP contribution < -0.4 is 5.73 Å². The average Bonchev–Trinajstić information content (AvgIpc) is 3.28. The summed E-state index contributed by atoms with van der Waals surface area (Å²) < 4.78 is 13.1. The highest BCUT2D eigenvalue weighted by molar-refractivity contribution is 5.83. The van der Waals surface area contributed by atoms with Crippen LogP contribution in [0.5, 0.6) is 0 Å². The Balaban J connectivity index is 1.31. The molecule has 2 aliphatic rings. The minimum atomic E-state index is -0.239. The van der Waals surface area contributed by atoms with Crippen LogP contribution in [0, 0.1) is 11.7 Å². The maximum Gasteiger partial charge on any atom is 0.226 e. The highest BCUT2D eigenvalue weighted by Gasteiger charge is 2.47. The van der Waals surface area contributed by atoms with Crippen molar-refractivity contribution in [2.75, 3.05) is 25.9 Å². The molecule has 1 aliphatic carbocycles. The number of benzene rings is 1. The van der Waals surface area contributed by atoms with E-state index in [0.717, 1.165) is 31.5 Å². The average molecular weight is 369 g/mol. The number of amides is 1. The standard InChI is InChI=1S/C20H24FN5O/c1-25(12-19-23-8-6-18(22)24-19)15-7-9-26(11-15)20(27)17-10-16(17)13-2-4-14(21)5-3-13/h2-6,8,15-17H,7,9-12H2,1H3,(H2,22,23,24)/t15-,16+,17-/m1/s1. The predicted molar refractivity (Wildman–Crippen MR) is 100 cm³/mol. The Hall–Kier alpha value is -2.54. The zero-order chi connectivity index (χ0) is 19.0. The van der Waals surface area contributed by atoms with Gasteiger partial charge in [-0.05, 0) is 49.6 Å². The molecule has 0 unspecified atom stereocenters. The Kier molecular flexibility index (Phi) is 4.78. The van der Waals surface area contributed by atoms with Crippen molar-refractivity contribution in [3.05, 3.63) is 53.7 Å².